The summed E-state index contributed by atoms with van der Waals surface area (Å²) in [6.45, 7) is 6.37. The molecule has 7 nitrogen and oxygen atoms in total. The summed E-state index contributed by atoms with van der Waals surface area (Å²) in [6.07, 6.45) is 1.09. The van der Waals surface area contributed by atoms with Gasteiger partial charge in [-0.3, -0.25) is 9.59 Å². The molecule has 0 bridgehead atoms. The Bertz CT molecular complexity index is 694. The molecular formula is C20H28N2O5. The van der Waals surface area contributed by atoms with E-state index in [4.69, 9.17) is 15.2 Å². The molecule has 1 fully saturated rings. The number of benzene rings is 1. The van der Waals surface area contributed by atoms with Crippen LogP contribution in [-0.4, -0.2) is 49.0 Å². The quantitative estimate of drug-likeness (QED) is 0.731. The van der Waals surface area contributed by atoms with Gasteiger partial charge in [-0.15, -0.1) is 0 Å². The minimum absolute atomic E-state index is 0.186. The number of amides is 2. The van der Waals surface area contributed by atoms with Crippen LogP contribution in [0.25, 0.3) is 0 Å². The van der Waals surface area contributed by atoms with Crippen LogP contribution in [0.3, 0.4) is 0 Å². The highest BCUT2D eigenvalue weighted by Crippen LogP contribution is 2.27. The number of nitrogens with two attached hydrogens (primary N) is 1. The van der Waals surface area contributed by atoms with Gasteiger partial charge in [0.25, 0.3) is 5.91 Å². The van der Waals surface area contributed by atoms with E-state index in [1.54, 1.807) is 4.90 Å². The zero-order valence-corrected chi connectivity index (χ0v) is 16.2. The van der Waals surface area contributed by atoms with Gasteiger partial charge in [-0.25, -0.2) is 4.79 Å². The molecule has 2 amide bonds. The van der Waals surface area contributed by atoms with E-state index in [0.29, 0.717) is 31.7 Å². The maximum atomic E-state index is 12.1. The molecule has 0 radical (unpaired) electrons. The summed E-state index contributed by atoms with van der Waals surface area (Å²) in [7, 11) is 0. The topological polar surface area (TPSA) is 98.9 Å². The Labute approximate surface area is 159 Å². The first kappa shape index (κ1) is 20.7. The highest BCUT2D eigenvalue weighted by molar-refractivity contribution is 5.82. The molecule has 1 aromatic rings. The Morgan fingerprint density at radius 2 is 1.85 bits per heavy atom. The number of hydrogen-bond acceptors (Lipinski definition) is 5. The van der Waals surface area contributed by atoms with Crippen LogP contribution < -0.4 is 10.5 Å². The summed E-state index contributed by atoms with van der Waals surface area (Å²) in [5.41, 5.74) is 7.34. The van der Waals surface area contributed by atoms with Gasteiger partial charge >= 0.3 is 5.97 Å². The van der Waals surface area contributed by atoms with Crippen LogP contribution in [0.15, 0.2) is 18.2 Å². The Hall–Kier alpha value is -2.57. The fraction of sp³-hybridized carbons (Fsp3) is 0.550. The van der Waals surface area contributed by atoms with Crippen LogP contribution in [-0.2, 0) is 19.1 Å². The van der Waals surface area contributed by atoms with Crippen molar-refractivity contribution in [3.05, 3.63) is 29.3 Å². The predicted octanol–water partition coefficient (Wildman–Crippen LogP) is 1.76. The van der Waals surface area contributed by atoms with Crippen molar-refractivity contribution in [2.45, 2.75) is 39.5 Å². The number of esters is 1. The Balaban J connectivity index is 1.78. The summed E-state index contributed by atoms with van der Waals surface area (Å²) in [4.78, 5) is 36.8. The molecule has 0 atom stereocenters. The van der Waals surface area contributed by atoms with Gasteiger partial charge in [-0.2, -0.15) is 0 Å². The lowest BCUT2D eigenvalue weighted by Gasteiger charge is -2.30. The van der Waals surface area contributed by atoms with Crippen LogP contribution in [0.4, 0.5) is 0 Å². The highest BCUT2D eigenvalue weighted by atomic mass is 16.6. The normalized spacial score (nSPS) is 14.9. The molecule has 7 heteroatoms. The van der Waals surface area contributed by atoms with Crippen molar-refractivity contribution < 1.29 is 23.9 Å². The maximum absolute atomic E-state index is 12.1. The number of aryl methyl sites for hydroxylation is 1. The summed E-state index contributed by atoms with van der Waals surface area (Å²) in [5, 5.41) is 0. The second-order valence-corrected chi connectivity index (χ2v) is 7.20. The lowest BCUT2D eigenvalue weighted by atomic mass is 9.96. The van der Waals surface area contributed by atoms with Gasteiger partial charge in [-0.1, -0.05) is 26.0 Å². The molecule has 2 rings (SSSR count). The third kappa shape index (κ3) is 5.98. The van der Waals surface area contributed by atoms with E-state index in [0.717, 1.165) is 11.1 Å². The molecule has 0 saturated carbocycles. The molecule has 0 aliphatic carbocycles. The number of primary amides is 1. The number of likely N-dealkylation sites (tertiary alicyclic amines) is 1. The van der Waals surface area contributed by atoms with E-state index in [1.165, 1.54) is 0 Å². The molecule has 1 aliphatic rings. The van der Waals surface area contributed by atoms with E-state index in [-0.39, 0.29) is 36.9 Å². The van der Waals surface area contributed by atoms with E-state index in [2.05, 4.69) is 13.8 Å². The lowest BCUT2D eigenvalue weighted by molar-refractivity contribution is -0.154. The molecule has 1 aliphatic heterocycles. The first-order valence-electron chi connectivity index (χ1n) is 9.24. The van der Waals surface area contributed by atoms with E-state index < -0.39 is 5.97 Å². The number of carbonyl (C=O) groups excluding carboxylic acids is 3. The van der Waals surface area contributed by atoms with E-state index in [9.17, 15) is 14.4 Å². The first-order chi connectivity index (χ1) is 12.8. The average Bonchev–Trinajstić information content (AvgIpc) is 2.64. The van der Waals surface area contributed by atoms with Gasteiger partial charge in [0.05, 0.1) is 0 Å². The number of rotatable bonds is 7. The third-order valence-electron chi connectivity index (χ3n) is 4.74. The summed E-state index contributed by atoms with van der Waals surface area (Å²) in [5.74, 6) is -0.461. The third-order valence-corrected chi connectivity index (χ3v) is 4.74. The van der Waals surface area contributed by atoms with Gasteiger partial charge in [-0.05, 0) is 42.9 Å². The monoisotopic (exact) mass is 376 g/mol. The number of carbonyl (C=O) groups is 3. The average molecular weight is 376 g/mol. The van der Waals surface area contributed by atoms with Gasteiger partial charge in [0, 0.05) is 19.0 Å². The molecular weight excluding hydrogens is 348 g/mol. The number of hydrogen-bond donors (Lipinski definition) is 1. The summed E-state index contributed by atoms with van der Waals surface area (Å²) >= 11 is 0. The fourth-order valence-electron chi connectivity index (χ4n) is 3.07. The van der Waals surface area contributed by atoms with Crippen LogP contribution >= 0.6 is 0 Å². The minimum atomic E-state index is -0.591. The molecule has 1 aromatic carbocycles. The molecule has 0 aromatic heterocycles. The Morgan fingerprint density at radius 3 is 2.44 bits per heavy atom. The minimum Gasteiger partial charge on any atom is -0.482 e. The van der Waals surface area contributed by atoms with Crippen molar-refractivity contribution in [3.63, 3.8) is 0 Å². The molecule has 1 saturated heterocycles. The van der Waals surface area contributed by atoms with Crippen LogP contribution in [0.1, 0.15) is 43.7 Å². The Kier molecular flexibility index (Phi) is 7.21. The fourth-order valence-corrected chi connectivity index (χ4v) is 3.07. The van der Waals surface area contributed by atoms with Crippen LogP contribution in [0.2, 0.25) is 0 Å². The Morgan fingerprint density at radius 1 is 1.19 bits per heavy atom. The molecule has 0 unspecified atom stereocenters. The van der Waals surface area contributed by atoms with Gasteiger partial charge in [0.15, 0.2) is 13.2 Å². The lowest BCUT2D eigenvalue weighted by Crippen LogP contribution is -2.43. The van der Waals surface area contributed by atoms with Gasteiger partial charge in [0.1, 0.15) is 5.75 Å². The molecule has 27 heavy (non-hydrogen) atoms. The predicted molar refractivity (Wildman–Crippen MR) is 100 cm³/mol. The standard InChI is InChI=1S/C20H28N2O5/c1-13(2)16-5-4-14(3)10-17(16)26-12-19(24)27-11-18(23)22-8-6-15(7-9-22)20(21)25/h4-5,10,13,15H,6-9,11-12H2,1-3H3,(H2,21,25). The van der Waals surface area contributed by atoms with Crippen LogP contribution in [0, 0.1) is 12.8 Å². The van der Waals surface area contributed by atoms with Crippen molar-refractivity contribution in [3.8, 4) is 5.75 Å². The summed E-state index contributed by atoms with van der Waals surface area (Å²) < 4.78 is 10.6. The molecule has 2 N–H and O–H groups in total. The maximum Gasteiger partial charge on any atom is 0.344 e. The SMILES string of the molecule is Cc1ccc(C(C)C)c(OCC(=O)OCC(=O)N2CCC(C(N)=O)CC2)c1. The zero-order valence-electron chi connectivity index (χ0n) is 16.2. The van der Waals surface area contributed by atoms with Crippen molar-refractivity contribution in [2.24, 2.45) is 11.7 Å². The molecule has 148 valence electrons. The number of piperidine rings is 1. The van der Waals surface area contributed by atoms with Gasteiger partial charge in [0.2, 0.25) is 5.91 Å². The highest BCUT2D eigenvalue weighted by Gasteiger charge is 2.26. The van der Waals surface area contributed by atoms with Crippen molar-refractivity contribution >= 4 is 17.8 Å². The summed E-state index contributed by atoms with van der Waals surface area (Å²) in [6, 6.07) is 5.87. The smallest absolute Gasteiger partial charge is 0.344 e. The largest absolute Gasteiger partial charge is 0.482 e. The first-order valence-corrected chi connectivity index (χ1v) is 9.24. The van der Waals surface area contributed by atoms with E-state index >= 15 is 0 Å². The second-order valence-electron chi connectivity index (χ2n) is 7.20. The van der Waals surface area contributed by atoms with Crippen molar-refractivity contribution in [2.75, 3.05) is 26.3 Å². The second kappa shape index (κ2) is 9.39. The number of ether oxygens (including phenoxy) is 2. The molecule has 1 heterocycles. The van der Waals surface area contributed by atoms with E-state index in [1.807, 2.05) is 25.1 Å². The van der Waals surface area contributed by atoms with Crippen molar-refractivity contribution in [1.82, 2.24) is 4.90 Å². The van der Waals surface area contributed by atoms with Gasteiger partial charge < -0.3 is 20.1 Å². The zero-order chi connectivity index (χ0) is 20.0. The number of nitrogens with zero attached hydrogens (tertiary/aromatic N) is 1. The van der Waals surface area contributed by atoms with Crippen molar-refractivity contribution in [1.29, 1.82) is 0 Å². The van der Waals surface area contributed by atoms with Crippen LogP contribution in [0.5, 0.6) is 5.75 Å². The molecule has 0 spiro atoms.